The molecule has 3 aliphatic rings. The molecule has 0 spiro atoms. The maximum atomic E-state index is 14.0. The number of benzene rings is 1. The van der Waals surface area contributed by atoms with Crippen LogP contribution in [0.5, 0.6) is 0 Å². The fourth-order valence-corrected chi connectivity index (χ4v) is 5.55. The van der Waals surface area contributed by atoms with Gasteiger partial charge in [-0.3, -0.25) is 0 Å². The van der Waals surface area contributed by atoms with Crippen molar-refractivity contribution in [2.75, 3.05) is 0 Å². The monoisotopic (exact) mass is 274 g/mol. The van der Waals surface area contributed by atoms with Gasteiger partial charge in [0.15, 0.2) is 0 Å². The number of rotatable bonds is 0. The Labute approximate surface area is 120 Å². The lowest BCUT2D eigenvalue weighted by atomic mass is 9.55. The Bertz CT molecular complexity index is 540. The first-order valence-corrected chi connectivity index (χ1v) is 8.06. The van der Waals surface area contributed by atoms with Crippen LogP contribution in [0.4, 0.5) is 4.39 Å². The van der Waals surface area contributed by atoms with Crippen LogP contribution in [0.1, 0.15) is 56.1 Å². The van der Waals surface area contributed by atoms with Crippen LogP contribution < -0.4 is 0 Å². The van der Waals surface area contributed by atoms with Crippen molar-refractivity contribution < 1.29 is 9.50 Å². The highest BCUT2D eigenvalue weighted by molar-refractivity contribution is 5.36. The normalized spacial score (nSPS) is 42.8. The Morgan fingerprint density at radius 3 is 2.90 bits per heavy atom. The van der Waals surface area contributed by atoms with Crippen molar-refractivity contribution in [3.05, 3.63) is 35.1 Å². The third-order valence-electron chi connectivity index (χ3n) is 6.67. The molecule has 1 aromatic rings. The Morgan fingerprint density at radius 1 is 1.20 bits per heavy atom. The summed E-state index contributed by atoms with van der Waals surface area (Å²) in [7, 11) is 0. The third kappa shape index (κ3) is 1.57. The van der Waals surface area contributed by atoms with Gasteiger partial charge in [0.2, 0.25) is 0 Å². The average Bonchev–Trinajstić information content (AvgIpc) is 2.75. The second-order valence-electron chi connectivity index (χ2n) is 7.36. The van der Waals surface area contributed by atoms with Crippen LogP contribution in [-0.2, 0) is 6.42 Å². The molecule has 20 heavy (non-hydrogen) atoms. The highest BCUT2D eigenvalue weighted by Gasteiger charge is 2.54. The molecule has 0 unspecified atom stereocenters. The Morgan fingerprint density at radius 2 is 2.05 bits per heavy atom. The molecule has 3 aliphatic carbocycles. The van der Waals surface area contributed by atoms with Gasteiger partial charge >= 0.3 is 0 Å². The lowest BCUT2D eigenvalue weighted by Crippen LogP contribution is -2.44. The zero-order valence-corrected chi connectivity index (χ0v) is 12.1. The molecule has 1 nitrogen and oxygen atoms in total. The Hall–Kier alpha value is -0.890. The van der Waals surface area contributed by atoms with Crippen molar-refractivity contribution in [1.82, 2.24) is 0 Å². The predicted octanol–water partition coefficient (Wildman–Crippen LogP) is 4.04. The molecule has 1 N–H and O–H groups in total. The molecule has 0 aromatic heterocycles. The van der Waals surface area contributed by atoms with Crippen molar-refractivity contribution in [1.29, 1.82) is 0 Å². The van der Waals surface area contributed by atoms with Crippen molar-refractivity contribution in [3.8, 4) is 0 Å². The average molecular weight is 274 g/mol. The molecular formula is C18H23FO. The van der Waals surface area contributed by atoms with E-state index in [0.29, 0.717) is 17.8 Å². The molecular weight excluding hydrogens is 251 g/mol. The summed E-state index contributed by atoms with van der Waals surface area (Å²) in [5, 5.41) is 10.4. The first kappa shape index (κ1) is 12.8. The molecule has 0 bridgehead atoms. The van der Waals surface area contributed by atoms with Gasteiger partial charge in [0.05, 0.1) is 6.10 Å². The fourth-order valence-electron chi connectivity index (χ4n) is 5.55. The van der Waals surface area contributed by atoms with Crippen LogP contribution in [0.3, 0.4) is 0 Å². The van der Waals surface area contributed by atoms with Gasteiger partial charge in [0.25, 0.3) is 0 Å². The van der Waals surface area contributed by atoms with Gasteiger partial charge in [0, 0.05) is 0 Å². The quantitative estimate of drug-likeness (QED) is 0.757. The topological polar surface area (TPSA) is 20.2 Å². The van der Waals surface area contributed by atoms with Crippen LogP contribution in [0.2, 0.25) is 0 Å². The van der Waals surface area contributed by atoms with Crippen molar-refractivity contribution in [2.24, 2.45) is 17.3 Å². The molecule has 2 fully saturated rings. The summed E-state index contributed by atoms with van der Waals surface area (Å²) in [4.78, 5) is 0. The minimum Gasteiger partial charge on any atom is -0.393 e. The molecule has 108 valence electrons. The van der Waals surface area contributed by atoms with Crippen molar-refractivity contribution >= 4 is 0 Å². The lowest BCUT2D eigenvalue weighted by Gasteiger charge is -2.50. The largest absolute Gasteiger partial charge is 0.393 e. The van der Waals surface area contributed by atoms with Crippen LogP contribution in [0, 0.1) is 23.1 Å². The Kier molecular flexibility index (Phi) is 2.76. The summed E-state index contributed by atoms with van der Waals surface area (Å²) in [5.41, 5.74) is 2.35. The van der Waals surface area contributed by atoms with Crippen LogP contribution in [0.15, 0.2) is 18.2 Å². The van der Waals surface area contributed by atoms with E-state index in [1.165, 1.54) is 5.56 Å². The summed E-state index contributed by atoms with van der Waals surface area (Å²) in [6.45, 7) is 2.28. The minimum absolute atomic E-state index is 0.0132. The van der Waals surface area contributed by atoms with Gasteiger partial charge in [-0.2, -0.15) is 0 Å². The number of aliphatic hydroxyl groups is 1. The van der Waals surface area contributed by atoms with E-state index in [9.17, 15) is 9.50 Å². The number of hydrogen-bond acceptors (Lipinski definition) is 1. The van der Waals surface area contributed by atoms with Crippen LogP contribution in [0.25, 0.3) is 0 Å². The number of fused-ring (bicyclic) bond motifs is 5. The zero-order valence-electron chi connectivity index (χ0n) is 12.1. The van der Waals surface area contributed by atoms with Crippen LogP contribution >= 0.6 is 0 Å². The van der Waals surface area contributed by atoms with E-state index in [1.807, 2.05) is 6.07 Å². The fraction of sp³-hybridized carbons (Fsp3) is 0.667. The van der Waals surface area contributed by atoms with Crippen molar-refractivity contribution in [3.63, 3.8) is 0 Å². The van der Waals surface area contributed by atoms with Crippen LogP contribution in [-0.4, -0.2) is 11.2 Å². The summed E-state index contributed by atoms with van der Waals surface area (Å²) in [5.74, 6) is 1.80. The van der Waals surface area contributed by atoms with E-state index in [0.717, 1.165) is 44.1 Å². The maximum Gasteiger partial charge on any atom is 0.126 e. The van der Waals surface area contributed by atoms with Gasteiger partial charge in [-0.15, -0.1) is 0 Å². The Balaban J connectivity index is 1.73. The molecule has 4 rings (SSSR count). The standard InChI is InChI=1S/C18H23FO/c1-18-10-9-12-11-3-2-4-16(19)14(11)6-5-13(12)15(18)7-8-17(18)20/h2-4,12-13,15,17,20H,5-10H2,1H3/t12-,13-,15+,17+,18+/m1/s1. The molecule has 5 atom stereocenters. The minimum atomic E-state index is -0.123. The molecule has 0 aliphatic heterocycles. The summed E-state index contributed by atoms with van der Waals surface area (Å²) in [6, 6.07) is 5.61. The smallest absolute Gasteiger partial charge is 0.126 e. The van der Waals surface area contributed by atoms with E-state index >= 15 is 0 Å². The number of hydrogen-bond donors (Lipinski definition) is 1. The first-order chi connectivity index (χ1) is 9.61. The molecule has 0 amide bonds. The molecule has 0 radical (unpaired) electrons. The first-order valence-electron chi connectivity index (χ1n) is 8.06. The molecule has 2 heteroatoms. The molecule has 0 heterocycles. The van der Waals surface area contributed by atoms with E-state index in [-0.39, 0.29) is 17.3 Å². The molecule has 0 saturated heterocycles. The molecule has 2 saturated carbocycles. The zero-order chi connectivity index (χ0) is 13.9. The summed E-state index contributed by atoms with van der Waals surface area (Å²) < 4.78 is 14.0. The SMILES string of the molecule is C[C@]12CC[C@@H]3c4cccc(F)c4CC[C@H]3[C@@H]1CC[C@@H]2O. The van der Waals surface area contributed by atoms with Gasteiger partial charge in [-0.05, 0) is 78.9 Å². The van der Waals surface area contributed by atoms with Gasteiger partial charge in [0.1, 0.15) is 5.82 Å². The third-order valence-corrected chi connectivity index (χ3v) is 6.67. The van der Waals surface area contributed by atoms with E-state index in [2.05, 4.69) is 13.0 Å². The number of aliphatic hydroxyl groups excluding tert-OH is 1. The highest BCUT2D eigenvalue weighted by Crippen LogP contribution is 2.60. The maximum absolute atomic E-state index is 14.0. The van der Waals surface area contributed by atoms with Gasteiger partial charge in [-0.1, -0.05) is 19.1 Å². The summed E-state index contributed by atoms with van der Waals surface area (Å²) >= 11 is 0. The molecule has 1 aromatic carbocycles. The predicted molar refractivity (Wildman–Crippen MR) is 77.0 cm³/mol. The van der Waals surface area contributed by atoms with Crippen molar-refractivity contribution in [2.45, 2.75) is 57.5 Å². The van der Waals surface area contributed by atoms with Gasteiger partial charge < -0.3 is 5.11 Å². The van der Waals surface area contributed by atoms with E-state index < -0.39 is 0 Å². The van der Waals surface area contributed by atoms with E-state index in [1.54, 1.807) is 6.07 Å². The summed E-state index contributed by atoms with van der Waals surface area (Å²) in [6.07, 6.45) is 6.19. The van der Waals surface area contributed by atoms with E-state index in [4.69, 9.17) is 0 Å². The van der Waals surface area contributed by atoms with Gasteiger partial charge in [-0.25, -0.2) is 4.39 Å². The second-order valence-corrected chi connectivity index (χ2v) is 7.36. The highest BCUT2D eigenvalue weighted by atomic mass is 19.1. The number of halogens is 1. The second kappa shape index (κ2) is 4.30. The lowest BCUT2D eigenvalue weighted by molar-refractivity contribution is -0.0227.